The summed E-state index contributed by atoms with van der Waals surface area (Å²) >= 11 is 21.1. The van der Waals surface area contributed by atoms with Gasteiger partial charge in [0.2, 0.25) is 0 Å². The highest BCUT2D eigenvalue weighted by Crippen LogP contribution is 2.38. The van der Waals surface area contributed by atoms with E-state index in [1.807, 2.05) is 6.92 Å². The average molecular weight is 750 g/mol. The quantitative estimate of drug-likeness (QED) is 0.0767. The third-order valence-corrected chi connectivity index (χ3v) is 7.87. The van der Waals surface area contributed by atoms with Crippen LogP contribution in [-0.4, -0.2) is 43.0 Å². The SMILES string of the molecule is CCOC(=O)C1=C(C)NC(=S)N[C@H]1c1ccccc1OCC(=O)NN=Cc1cc(Br)c(OCc2ccc(Cl)cc2Cl)c(OCC)c1. The van der Waals surface area contributed by atoms with Crippen molar-refractivity contribution in [3.05, 3.63) is 97.1 Å². The lowest BCUT2D eigenvalue weighted by molar-refractivity contribution is -0.139. The van der Waals surface area contributed by atoms with Gasteiger partial charge in [0.1, 0.15) is 12.4 Å². The molecule has 1 aliphatic rings. The summed E-state index contributed by atoms with van der Waals surface area (Å²) in [5.74, 6) is 0.368. The zero-order chi connectivity index (χ0) is 33.2. The average Bonchev–Trinajstić information content (AvgIpc) is 3.00. The van der Waals surface area contributed by atoms with E-state index in [1.165, 1.54) is 6.21 Å². The molecule has 10 nitrogen and oxygen atoms in total. The lowest BCUT2D eigenvalue weighted by atomic mass is 9.95. The van der Waals surface area contributed by atoms with Crippen molar-refractivity contribution >= 4 is 74.6 Å². The van der Waals surface area contributed by atoms with Crippen LogP contribution in [0, 0.1) is 0 Å². The number of hydrogen-bond donors (Lipinski definition) is 3. The number of hydrazone groups is 1. The van der Waals surface area contributed by atoms with E-state index in [4.69, 9.17) is 54.4 Å². The molecule has 0 saturated heterocycles. The smallest absolute Gasteiger partial charge is 0.338 e. The van der Waals surface area contributed by atoms with E-state index >= 15 is 0 Å². The van der Waals surface area contributed by atoms with E-state index in [1.54, 1.807) is 68.4 Å². The molecular formula is C32H31BrCl2N4O6S. The van der Waals surface area contributed by atoms with Gasteiger partial charge >= 0.3 is 5.97 Å². The lowest BCUT2D eigenvalue weighted by Crippen LogP contribution is -2.45. The van der Waals surface area contributed by atoms with E-state index in [0.717, 1.165) is 5.56 Å². The summed E-state index contributed by atoms with van der Waals surface area (Å²) in [4.78, 5) is 25.4. The fourth-order valence-electron chi connectivity index (χ4n) is 4.47. The zero-order valence-electron chi connectivity index (χ0n) is 25.1. The molecule has 14 heteroatoms. The molecule has 3 N–H and O–H groups in total. The Kier molecular flexibility index (Phi) is 12.7. The molecule has 0 unspecified atom stereocenters. The summed E-state index contributed by atoms with van der Waals surface area (Å²) in [6.07, 6.45) is 1.47. The second-order valence-electron chi connectivity index (χ2n) is 9.70. The van der Waals surface area contributed by atoms with Gasteiger partial charge in [-0.1, -0.05) is 47.5 Å². The van der Waals surface area contributed by atoms with Crippen LogP contribution >= 0.6 is 51.3 Å². The number of carbonyl (C=O) groups excluding carboxylic acids is 2. The zero-order valence-corrected chi connectivity index (χ0v) is 29.0. The van der Waals surface area contributed by atoms with Crippen molar-refractivity contribution in [3.8, 4) is 17.2 Å². The van der Waals surface area contributed by atoms with E-state index in [2.05, 4.69) is 37.1 Å². The minimum absolute atomic E-state index is 0.196. The maximum absolute atomic E-state index is 12.8. The van der Waals surface area contributed by atoms with Crippen molar-refractivity contribution in [2.24, 2.45) is 5.10 Å². The van der Waals surface area contributed by atoms with Gasteiger partial charge in [-0.25, -0.2) is 10.2 Å². The molecular weight excluding hydrogens is 719 g/mol. The Labute approximate surface area is 290 Å². The molecule has 1 amide bonds. The minimum Gasteiger partial charge on any atom is -0.490 e. The minimum atomic E-state index is -0.641. The molecule has 0 bridgehead atoms. The van der Waals surface area contributed by atoms with Crippen LogP contribution in [-0.2, 0) is 20.9 Å². The maximum Gasteiger partial charge on any atom is 0.338 e. The third kappa shape index (κ3) is 9.12. The number of benzene rings is 3. The monoisotopic (exact) mass is 748 g/mol. The third-order valence-electron chi connectivity index (χ3n) is 6.47. The van der Waals surface area contributed by atoms with Crippen molar-refractivity contribution in [2.75, 3.05) is 19.8 Å². The predicted octanol–water partition coefficient (Wildman–Crippen LogP) is 6.62. The number of para-hydroxylation sites is 1. The Balaban J connectivity index is 1.41. The van der Waals surface area contributed by atoms with E-state index in [9.17, 15) is 9.59 Å². The van der Waals surface area contributed by atoms with E-state index in [-0.39, 0.29) is 19.8 Å². The van der Waals surface area contributed by atoms with Crippen LogP contribution in [0.1, 0.15) is 43.5 Å². The predicted molar refractivity (Wildman–Crippen MR) is 185 cm³/mol. The fraction of sp³-hybridized carbons (Fsp3) is 0.250. The van der Waals surface area contributed by atoms with Gasteiger partial charge in [0, 0.05) is 26.9 Å². The second kappa shape index (κ2) is 16.6. The molecule has 4 rings (SSSR count). The number of carbonyl (C=O) groups is 2. The highest BCUT2D eigenvalue weighted by Gasteiger charge is 2.32. The molecule has 0 saturated carbocycles. The number of amides is 1. The molecule has 1 atom stereocenters. The van der Waals surface area contributed by atoms with Crippen LogP contribution in [0.2, 0.25) is 10.0 Å². The Hall–Kier alpha value is -3.84. The van der Waals surface area contributed by atoms with Crippen LogP contribution in [0.25, 0.3) is 0 Å². The van der Waals surface area contributed by atoms with Crippen LogP contribution < -0.4 is 30.3 Å². The number of nitrogens with one attached hydrogen (secondary N) is 3. The van der Waals surface area contributed by atoms with Gasteiger partial charge in [-0.15, -0.1) is 0 Å². The molecule has 0 aliphatic carbocycles. The molecule has 242 valence electrons. The summed E-state index contributed by atoms with van der Waals surface area (Å²) in [6, 6.07) is 15.1. The Morgan fingerprint density at radius 3 is 2.57 bits per heavy atom. The van der Waals surface area contributed by atoms with Crippen molar-refractivity contribution in [2.45, 2.75) is 33.4 Å². The van der Waals surface area contributed by atoms with Crippen molar-refractivity contribution < 1.29 is 28.5 Å². The Bertz CT molecular complexity index is 1690. The standard InChI is InChI=1S/C32H31BrCl2N4O6S/c1-4-42-26-13-19(12-23(33)30(26)45-16-20-10-11-21(34)14-24(20)35)15-36-39-27(40)17-44-25-9-7-6-8-22(25)29-28(31(41)43-5-2)18(3)37-32(46)38-29/h6-15,29H,4-5,16-17H2,1-3H3,(H,39,40)(H2,37,38,46)/t29-/m0/s1. The molecule has 0 spiro atoms. The number of rotatable bonds is 13. The van der Waals surface area contributed by atoms with Gasteiger partial charge in [0.05, 0.1) is 35.5 Å². The van der Waals surface area contributed by atoms with Crippen molar-refractivity contribution in [1.29, 1.82) is 0 Å². The normalized spacial score (nSPS) is 14.4. The van der Waals surface area contributed by atoms with Crippen molar-refractivity contribution in [3.63, 3.8) is 0 Å². The first kappa shape index (κ1) is 35.0. The number of nitrogens with zero attached hydrogens (tertiary/aromatic N) is 1. The molecule has 46 heavy (non-hydrogen) atoms. The second-order valence-corrected chi connectivity index (χ2v) is 11.8. The lowest BCUT2D eigenvalue weighted by Gasteiger charge is -2.30. The number of esters is 1. The molecule has 1 heterocycles. The van der Waals surface area contributed by atoms with E-state index in [0.29, 0.717) is 65.9 Å². The van der Waals surface area contributed by atoms with Gasteiger partial charge in [-0.05, 0) is 84.8 Å². The number of allylic oxidation sites excluding steroid dienone is 1. The summed E-state index contributed by atoms with van der Waals surface area (Å²) in [6.45, 7) is 5.81. The highest BCUT2D eigenvalue weighted by atomic mass is 79.9. The van der Waals surface area contributed by atoms with Gasteiger partial charge in [-0.2, -0.15) is 5.10 Å². The van der Waals surface area contributed by atoms with Gasteiger partial charge < -0.3 is 29.6 Å². The van der Waals surface area contributed by atoms with Gasteiger partial charge in [-0.3, -0.25) is 4.79 Å². The molecule has 3 aromatic carbocycles. The largest absolute Gasteiger partial charge is 0.490 e. The molecule has 1 aliphatic heterocycles. The van der Waals surface area contributed by atoms with Gasteiger partial charge in [0.15, 0.2) is 23.2 Å². The first-order valence-corrected chi connectivity index (χ1v) is 16.1. The summed E-state index contributed by atoms with van der Waals surface area (Å²) in [5.41, 5.74) is 5.41. The summed E-state index contributed by atoms with van der Waals surface area (Å²) < 4.78 is 23.6. The summed E-state index contributed by atoms with van der Waals surface area (Å²) in [5, 5.41) is 11.5. The molecule has 0 aromatic heterocycles. The first-order chi connectivity index (χ1) is 22.1. The number of ether oxygens (including phenoxy) is 4. The summed E-state index contributed by atoms with van der Waals surface area (Å²) in [7, 11) is 0. The van der Waals surface area contributed by atoms with Crippen molar-refractivity contribution in [1.82, 2.24) is 16.1 Å². The fourth-order valence-corrected chi connectivity index (χ4v) is 5.77. The van der Waals surface area contributed by atoms with Crippen LogP contribution in [0.15, 0.2) is 75.4 Å². The number of thiocarbonyl (C=S) groups is 1. The van der Waals surface area contributed by atoms with Crippen LogP contribution in [0.3, 0.4) is 0 Å². The molecule has 0 fully saturated rings. The number of hydrogen-bond acceptors (Lipinski definition) is 8. The van der Waals surface area contributed by atoms with Crippen LogP contribution in [0.4, 0.5) is 0 Å². The van der Waals surface area contributed by atoms with Crippen LogP contribution in [0.5, 0.6) is 17.2 Å². The van der Waals surface area contributed by atoms with E-state index < -0.39 is 17.9 Å². The maximum atomic E-state index is 12.8. The topological polar surface area (TPSA) is 120 Å². The molecule has 3 aromatic rings. The Morgan fingerprint density at radius 2 is 1.83 bits per heavy atom. The number of halogens is 3. The molecule has 0 radical (unpaired) electrons. The first-order valence-electron chi connectivity index (χ1n) is 14.1. The highest BCUT2D eigenvalue weighted by molar-refractivity contribution is 9.10. The van der Waals surface area contributed by atoms with Gasteiger partial charge in [0.25, 0.3) is 5.91 Å². The Morgan fingerprint density at radius 1 is 1.04 bits per heavy atom.